The minimum Gasteiger partial charge on any atom is -0.497 e. The molecule has 0 saturated carbocycles. The molecule has 0 aliphatic rings. The Balaban J connectivity index is 2.06. The van der Waals surface area contributed by atoms with E-state index < -0.39 is 6.10 Å². The van der Waals surface area contributed by atoms with E-state index in [1.807, 2.05) is 44.2 Å². The van der Waals surface area contributed by atoms with E-state index in [1.165, 1.54) is 0 Å². The van der Waals surface area contributed by atoms with Crippen LogP contribution in [0.15, 0.2) is 42.5 Å². The van der Waals surface area contributed by atoms with E-state index in [2.05, 4.69) is 5.32 Å². The van der Waals surface area contributed by atoms with Crippen LogP contribution in [0.4, 0.5) is 5.69 Å². The summed E-state index contributed by atoms with van der Waals surface area (Å²) in [6, 6.07) is 13.1. The molecule has 0 fully saturated rings. The fraction of sp³-hybridized carbons (Fsp3) is 0.278. The summed E-state index contributed by atoms with van der Waals surface area (Å²) in [6.45, 7) is 5.66. The molecular formula is C18H21NO3. The Morgan fingerprint density at radius 1 is 1.05 bits per heavy atom. The molecule has 1 N–H and O–H groups in total. The van der Waals surface area contributed by atoms with Crippen molar-refractivity contribution >= 4 is 11.6 Å². The highest BCUT2D eigenvalue weighted by Crippen LogP contribution is 2.22. The number of para-hydroxylation sites is 1. The van der Waals surface area contributed by atoms with Crippen molar-refractivity contribution < 1.29 is 14.3 Å². The third-order valence-electron chi connectivity index (χ3n) is 3.45. The monoisotopic (exact) mass is 299 g/mol. The van der Waals surface area contributed by atoms with Crippen LogP contribution in [0, 0.1) is 13.8 Å². The zero-order chi connectivity index (χ0) is 16.1. The number of anilines is 1. The van der Waals surface area contributed by atoms with Crippen molar-refractivity contribution in [2.75, 3.05) is 12.4 Å². The number of rotatable bonds is 5. The van der Waals surface area contributed by atoms with Crippen molar-refractivity contribution in [3.8, 4) is 11.5 Å². The van der Waals surface area contributed by atoms with Crippen molar-refractivity contribution in [3.05, 3.63) is 53.6 Å². The van der Waals surface area contributed by atoms with Gasteiger partial charge in [-0.15, -0.1) is 0 Å². The van der Waals surface area contributed by atoms with Gasteiger partial charge in [0.1, 0.15) is 11.5 Å². The molecule has 0 aliphatic heterocycles. The van der Waals surface area contributed by atoms with Crippen LogP contribution in [0.3, 0.4) is 0 Å². The van der Waals surface area contributed by atoms with Crippen molar-refractivity contribution in [3.63, 3.8) is 0 Å². The first-order chi connectivity index (χ1) is 10.5. The van der Waals surface area contributed by atoms with Gasteiger partial charge in [-0.1, -0.05) is 24.3 Å². The summed E-state index contributed by atoms with van der Waals surface area (Å²) < 4.78 is 10.8. The molecule has 0 radical (unpaired) electrons. The first kappa shape index (κ1) is 15.9. The highest BCUT2D eigenvalue weighted by molar-refractivity contribution is 5.95. The van der Waals surface area contributed by atoms with Crippen LogP contribution in [-0.4, -0.2) is 19.1 Å². The molecule has 2 aromatic rings. The largest absolute Gasteiger partial charge is 0.497 e. The Labute approximate surface area is 131 Å². The predicted octanol–water partition coefficient (Wildman–Crippen LogP) is 3.72. The molecule has 4 heteroatoms. The smallest absolute Gasteiger partial charge is 0.265 e. The molecule has 0 aromatic heterocycles. The standard InChI is InChI=1S/C18H21NO3/c1-12-7-5-8-13(2)17(12)19-18(20)14(3)22-16-10-6-9-15(11-16)21-4/h5-11,14H,1-4H3,(H,19,20)/t14-/m1/s1. The fourth-order valence-corrected chi connectivity index (χ4v) is 2.17. The lowest BCUT2D eigenvalue weighted by atomic mass is 10.1. The third kappa shape index (κ3) is 3.79. The minimum absolute atomic E-state index is 0.180. The molecule has 0 spiro atoms. The second kappa shape index (κ2) is 6.98. The minimum atomic E-state index is -0.605. The van der Waals surface area contributed by atoms with Crippen LogP contribution < -0.4 is 14.8 Å². The van der Waals surface area contributed by atoms with E-state index in [0.29, 0.717) is 11.5 Å². The highest BCUT2D eigenvalue weighted by atomic mass is 16.5. The van der Waals surface area contributed by atoms with E-state index in [9.17, 15) is 4.79 Å². The molecule has 0 saturated heterocycles. The molecular weight excluding hydrogens is 278 g/mol. The molecule has 0 heterocycles. The van der Waals surface area contributed by atoms with Crippen LogP contribution in [0.5, 0.6) is 11.5 Å². The summed E-state index contributed by atoms with van der Waals surface area (Å²) in [7, 11) is 1.59. The second-order valence-corrected chi connectivity index (χ2v) is 5.20. The number of carbonyl (C=O) groups is 1. The number of benzene rings is 2. The maximum atomic E-state index is 12.3. The molecule has 1 atom stereocenters. The van der Waals surface area contributed by atoms with E-state index >= 15 is 0 Å². The average Bonchev–Trinajstić information content (AvgIpc) is 2.51. The molecule has 4 nitrogen and oxygen atoms in total. The number of carbonyl (C=O) groups excluding carboxylic acids is 1. The highest BCUT2D eigenvalue weighted by Gasteiger charge is 2.16. The zero-order valence-corrected chi connectivity index (χ0v) is 13.3. The van der Waals surface area contributed by atoms with E-state index in [-0.39, 0.29) is 5.91 Å². The molecule has 0 unspecified atom stereocenters. The summed E-state index contributed by atoms with van der Waals surface area (Å²) in [5.41, 5.74) is 2.90. The number of nitrogens with one attached hydrogen (secondary N) is 1. The summed E-state index contributed by atoms with van der Waals surface area (Å²) >= 11 is 0. The van der Waals surface area contributed by atoms with Gasteiger partial charge in [0.2, 0.25) is 0 Å². The van der Waals surface area contributed by atoms with E-state index in [4.69, 9.17) is 9.47 Å². The number of hydrogen-bond acceptors (Lipinski definition) is 3. The molecule has 0 aliphatic carbocycles. The third-order valence-corrected chi connectivity index (χ3v) is 3.45. The molecule has 2 aromatic carbocycles. The summed E-state index contributed by atoms with van der Waals surface area (Å²) in [4.78, 5) is 12.3. The van der Waals surface area contributed by atoms with E-state index in [0.717, 1.165) is 16.8 Å². The van der Waals surface area contributed by atoms with Crippen LogP contribution in [0.1, 0.15) is 18.1 Å². The van der Waals surface area contributed by atoms with Crippen molar-refractivity contribution in [1.82, 2.24) is 0 Å². The van der Waals surface area contributed by atoms with E-state index in [1.54, 1.807) is 26.2 Å². The van der Waals surface area contributed by atoms with Gasteiger partial charge in [-0.25, -0.2) is 0 Å². The van der Waals surface area contributed by atoms with Gasteiger partial charge in [0.25, 0.3) is 5.91 Å². The molecule has 116 valence electrons. The Morgan fingerprint density at radius 3 is 2.27 bits per heavy atom. The van der Waals surface area contributed by atoms with Gasteiger partial charge in [-0.3, -0.25) is 4.79 Å². The SMILES string of the molecule is COc1cccc(O[C@H](C)C(=O)Nc2c(C)cccc2C)c1. The van der Waals surface area contributed by atoms with Crippen molar-refractivity contribution in [2.45, 2.75) is 26.9 Å². The summed E-state index contributed by atoms with van der Waals surface area (Å²) in [6.07, 6.45) is -0.605. The maximum absolute atomic E-state index is 12.3. The van der Waals surface area contributed by atoms with Gasteiger partial charge >= 0.3 is 0 Å². The second-order valence-electron chi connectivity index (χ2n) is 5.20. The van der Waals surface area contributed by atoms with Crippen LogP contribution in [0.25, 0.3) is 0 Å². The Kier molecular flexibility index (Phi) is 5.04. The Morgan fingerprint density at radius 2 is 1.64 bits per heavy atom. The average molecular weight is 299 g/mol. The van der Waals surface area contributed by atoms with Crippen LogP contribution in [-0.2, 0) is 4.79 Å². The zero-order valence-electron chi connectivity index (χ0n) is 13.3. The van der Waals surface area contributed by atoms with Gasteiger partial charge < -0.3 is 14.8 Å². The lowest BCUT2D eigenvalue weighted by Gasteiger charge is -2.17. The number of ether oxygens (including phenoxy) is 2. The fourth-order valence-electron chi connectivity index (χ4n) is 2.17. The van der Waals surface area contributed by atoms with Gasteiger partial charge in [0, 0.05) is 11.8 Å². The quantitative estimate of drug-likeness (QED) is 0.915. The Bertz CT molecular complexity index is 647. The number of aryl methyl sites for hydroxylation is 2. The molecule has 2 rings (SSSR count). The maximum Gasteiger partial charge on any atom is 0.265 e. The normalized spacial score (nSPS) is 11.6. The summed E-state index contributed by atoms with van der Waals surface area (Å²) in [5, 5.41) is 2.93. The van der Waals surface area contributed by atoms with Crippen LogP contribution >= 0.6 is 0 Å². The number of hydrogen-bond donors (Lipinski definition) is 1. The number of amides is 1. The van der Waals surface area contributed by atoms with Crippen LogP contribution in [0.2, 0.25) is 0 Å². The lowest BCUT2D eigenvalue weighted by Crippen LogP contribution is -2.30. The Hall–Kier alpha value is -2.49. The molecule has 0 bridgehead atoms. The van der Waals surface area contributed by atoms with Gasteiger partial charge in [0.05, 0.1) is 7.11 Å². The first-order valence-electron chi connectivity index (χ1n) is 7.19. The van der Waals surface area contributed by atoms with Crippen molar-refractivity contribution in [2.24, 2.45) is 0 Å². The predicted molar refractivity (Wildman–Crippen MR) is 87.6 cm³/mol. The molecule has 22 heavy (non-hydrogen) atoms. The van der Waals surface area contributed by atoms with Gasteiger partial charge in [-0.05, 0) is 44.0 Å². The first-order valence-corrected chi connectivity index (χ1v) is 7.19. The van der Waals surface area contributed by atoms with Gasteiger partial charge in [-0.2, -0.15) is 0 Å². The number of methoxy groups -OCH3 is 1. The van der Waals surface area contributed by atoms with Gasteiger partial charge in [0.15, 0.2) is 6.10 Å². The summed E-state index contributed by atoms with van der Waals surface area (Å²) in [5.74, 6) is 1.11. The lowest BCUT2D eigenvalue weighted by molar-refractivity contribution is -0.122. The van der Waals surface area contributed by atoms with Crippen molar-refractivity contribution in [1.29, 1.82) is 0 Å². The molecule has 1 amide bonds. The topological polar surface area (TPSA) is 47.6 Å².